The molecule has 0 saturated carbocycles. The van der Waals surface area contributed by atoms with Gasteiger partial charge in [0, 0.05) is 31.7 Å². The third kappa shape index (κ3) is 5.16. The maximum Gasteiger partial charge on any atom is 0.295 e. The Morgan fingerprint density at radius 3 is 2.53 bits per heavy atom. The quantitative estimate of drug-likeness (QED) is 0.366. The van der Waals surface area contributed by atoms with Crippen molar-refractivity contribution in [1.82, 2.24) is 9.80 Å². The molecule has 2 fully saturated rings. The van der Waals surface area contributed by atoms with Gasteiger partial charge in [-0.2, -0.15) is 0 Å². The number of aryl methyl sites for hydroxylation is 1. The molecule has 2 saturated heterocycles. The minimum absolute atomic E-state index is 0.114. The fourth-order valence-corrected chi connectivity index (χ4v) is 4.39. The first-order valence-electron chi connectivity index (χ1n) is 11.9. The van der Waals surface area contributed by atoms with Crippen molar-refractivity contribution in [2.75, 3.05) is 46.0 Å². The number of aliphatic hydroxyl groups is 1. The zero-order chi connectivity index (χ0) is 24.1. The third-order valence-corrected chi connectivity index (χ3v) is 6.27. The van der Waals surface area contributed by atoms with Gasteiger partial charge in [-0.3, -0.25) is 14.5 Å². The Kier molecular flexibility index (Phi) is 7.65. The summed E-state index contributed by atoms with van der Waals surface area (Å²) in [5.41, 5.74) is 2.41. The second-order valence-electron chi connectivity index (χ2n) is 8.73. The monoisotopic (exact) mass is 464 g/mol. The van der Waals surface area contributed by atoms with Crippen LogP contribution in [-0.2, 0) is 14.3 Å². The van der Waals surface area contributed by atoms with Crippen molar-refractivity contribution in [2.24, 2.45) is 0 Å². The molecule has 0 unspecified atom stereocenters. The van der Waals surface area contributed by atoms with E-state index >= 15 is 0 Å². The minimum Gasteiger partial charge on any atom is -0.507 e. The molecule has 2 aromatic rings. The van der Waals surface area contributed by atoms with E-state index in [1.165, 1.54) is 0 Å². The van der Waals surface area contributed by atoms with Gasteiger partial charge in [0.25, 0.3) is 11.7 Å². The SMILES string of the molecule is CCCOc1cccc([C@@H]2C(=C(O)c3ccc(C)cc3)C(=O)C(=O)N2CCN2CCOCC2)c1. The molecule has 0 aliphatic carbocycles. The molecule has 4 rings (SSSR count). The maximum absolute atomic E-state index is 13.2. The summed E-state index contributed by atoms with van der Waals surface area (Å²) < 4.78 is 11.2. The van der Waals surface area contributed by atoms with Gasteiger partial charge in [-0.15, -0.1) is 0 Å². The van der Waals surface area contributed by atoms with Gasteiger partial charge in [0.2, 0.25) is 0 Å². The van der Waals surface area contributed by atoms with Crippen molar-refractivity contribution in [3.8, 4) is 5.75 Å². The lowest BCUT2D eigenvalue weighted by Gasteiger charge is -2.31. The molecule has 2 aliphatic heterocycles. The van der Waals surface area contributed by atoms with E-state index in [2.05, 4.69) is 4.90 Å². The molecule has 1 amide bonds. The van der Waals surface area contributed by atoms with Crippen LogP contribution in [0.4, 0.5) is 0 Å². The molecule has 2 heterocycles. The number of benzene rings is 2. The van der Waals surface area contributed by atoms with E-state index in [0.717, 1.165) is 30.6 Å². The first-order chi connectivity index (χ1) is 16.5. The van der Waals surface area contributed by atoms with Crippen LogP contribution in [0.5, 0.6) is 5.75 Å². The van der Waals surface area contributed by atoms with Crippen LogP contribution in [0.2, 0.25) is 0 Å². The lowest BCUT2D eigenvalue weighted by molar-refractivity contribution is -0.140. The van der Waals surface area contributed by atoms with Crippen molar-refractivity contribution in [2.45, 2.75) is 26.3 Å². The Labute approximate surface area is 200 Å². The number of carbonyl (C=O) groups excluding carboxylic acids is 2. The van der Waals surface area contributed by atoms with Crippen LogP contribution >= 0.6 is 0 Å². The van der Waals surface area contributed by atoms with Crippen LogP contribution < -0.4 is 4.74 Å². The normalized spacial score (nSPS) is 20.6. The van der Waals surface area contributed by atoms with Gasteiger partial charge >= 0.3 is 0 Å². The average molecular weight is 465 g/mol. The molecule has 0 radical (unpaired) electrons. The van der Waals surface area contributed by atoms with Crippen molar-refractivity contribution in [3.05, 3.63) is 70.8 Å². The Hall–Kier alpha value is -3.16. The van der Waals surface area contributed by atoms with Gasteiger partial charge < -0.3 is 19.5 Å². The Morgan fingerprint density at radius 1 is 1.09 bits per heavy atom. The molecular weight excluding hydrogens is 432 g/mol. The molecule has 0 spiro atoms. The summed E-state index contributed by atoms with van der Waals surface area (Å²) in [7, 11) is 0. The van der Waals surface area contributed by atoms with Gasteiger partial charge in [0.15, 0.2) is 0 Å². The number of aliphatic hydroxyl groups excluding tert-OH is 1. The Balaban J connectivity index is 1.73. The molecule has 1 N–H and O–H groups in total. The van der Waals surface area contributed by atoms with Gasteiger partial charge in [-0.25, -0.2) is 0 Å². The largest absolute Gasteiger partial charge is 0.507 e. The molecule has 2 aromatic carbocycles. The number of carbonyl (C=O) groups is 2. The van der Waals surface area contributed by atoms with Gasteiger partial charge in [0.05, 0.1) is 31.4 Å². The maximum atomic E-state index is 13.2. The molecule has 7 heteroatoms. The summed E-state index contributed by atoms with van der Waals surface area (Å²) in [5.74, 6) is -0.734. The topological polar surface area (TPSA) is 79.3 Å². The summed E-state index contributed by atoms with van der Waals surface area (Å²) in [4.78, 5) is 30.2. The van der Waals surface area contributed by atoms with E-state index in [0.29, 0.717) is 44.2 Å². The summed E-state index contributed by atoms with van der Waals surface area (Å²) in [6.45, 7) is 8.46. The van der Waals surface area contributed by atoms with Gasteiger partial charge in [-0.05, 0) is 31.0 Å². The summed E-state index contributed by atoms with van der Waals surface area (Å²) in [6, 6.07) is 14.0. The van der Waals surface area contributed by atoms with Crippen molar-refractivity contribution >= 4 is 17.4 Å². The highest BCUT2D eigenvalue weighted by atomic mass is 16.5. The van der Waals surface area contributed by atoms with Gasteiger partial charge in [-0.1, -0.05) is 48.9 Å². The highest BCUT2D eigenvalue weighted by molar-refractivity contribution is 6.46. The van der Waals surface area contributed by atoms with Gasteiger partial charge in [0.1, 0.15) is 11.5 Å². The molecular formula is C27H32N2O5. The highest BCUT2D eigenvalue weighted by Gasteiger charge is 2.46. The van der Waals surface area contributed by atoms with E-state index < -0.39 is 17.7 Å². The smallest absolute Gasteiger partial charge is 0.295 e. The molecule has 2 aliphatic rings. The predicted molar refractivity (Wildman–Crippen MR) is 130 cm³/mol. The number of likely N-dealkylation sites (tertiary alicyclic amines) is 1. The summed E-state index contributed by atoms with van der Waals surface area (Å²) in [5, 5.41) is 11.2. The van der Waals surface area contributed by atoms with Crippen molar-refractivity contribution < 1.29 is 24.2 Å². The van der Waals surface area contributed by atoms with Crippen LogP contribution in [0, 0.1) is 6.92 Å². The Bertz CT molecular complexity index is 1060. The molecule has 34 heavy (non-hydrogen) atoms. The Morgan fingerprint density at radius 2 is 1.82 bits per heavy atom. The van der Waals surface area contributed by atoms with Crippen LogP contribution in [0.3, 0.4) is 0 Å². The van der Waals surface area contributed by atoms with E-state index in [9.17, 15) is 14.7 Å². The molecule has 0 bridgehead atoms. The predicted octanol–water partition coefficient (Wildman–Crippen LogP) is 3.54. The number of nitrogens with zero attached hydrogens (tertiary/aromatic N) is 2. The summed E-state index contributed by atoms with van der Waals surface area (Å²) >= 11 is 0. The molecule has 7 nitrogen and oxygen atoms in total. The zero-order valence-corrected chi connectivity index (χ0v) is 19.8. The lowest BCUT2D eigenvalue weighted by atomic mass is 9.95. The summed E-state index contributed by atoms with van der Waals surface area (Å²) in [6.07, 6.45) is 0.871. The first-order valence-corrected chi connectivity index (χ1v) is 11.9. The van der Waals surface area contributed by atoms with Crippen LogP contribution in [-0.4, -0.2) is 72.6 Å². The van der Waals surface area contributed by atoms with E-state index in [-0.39, 0.29) is 11.3 Å². The molecule has 1 atom stereocenters. The fourth-order valence-electron chi connectivity index (χ4n) is 4.39. The minimum atomic E-state index is -0.687. The van der Waals surface area contributed by atoms with Crippen molar-refractivity contribution in [1.29, 1.82) is 0 Å². The average Bonchev–Trinajstić information content (AvgIpc) is 3.12. The first kappa shape index (κ1) is 24.0. The molecule has 180 valence electrons. The number of ether oxygens (including phenoxy) is 2. The second-order valence-corrected chi connectivity index (χ2v) is 8.73. The number of rotatable bonds is 8. The van der Waals surface area contributed by atoms with Crippen LogP contribution in [0.25, 0.3) is 5.76 Å². The number of ketones is 1. The van der Waals surface area contributed by atoms with Crippen LogP contribution in [0.1, 0.15) is 36.1 Å². The number of amides is 1. The number of Topliss-reactive ketones (excluding diaryl/α,β-unsaturated/α-hetero) is 1. The fraction of sp³-hybridized carbons (Fsp3) is 0.407. The lowest BCUT2D eigenvalue weighted by Crippen LogP contribution is -2.42. The van der Waals surface area contributed by atoms with E-state index in [1.54, 1.807) is 17.0 Å². The zero-order valence-electron chi connectivity index (χ0n) is 19.8. The third-order valence-electron chi connectivity index (χ3n) is 6.27. The van der Waals surface area contributed by atoms with Crippen LogP contribution in [0.15, 0.2) is 54.1 Å². The number of hydrogen-bond acceptors (Lipinski definition) is 6. The second kappa shape index (κ2) is 10.8. The number of hydrogen-bond donors (Lipinski definition) is 1. The standard InChI is InChI=1S/C27H32N2O5/c1-3-15-34-22-6-4-5-21(18-22)24-23(25(30)20-9-7-19(2)8-10-20)26(31)27(32)29(24)12-11-28-13-16-33-17-14-28/h4-10,18,24,30H,3,11-17H2,1-2H3/t24-/m1/s1. The van der Waals surface area contributed by atoms with Crippen molar-refractivity contribution in [3.63, 3.8) is 0 Å². The number of morpholine rings is 1. The van der Waals surface area contributed by atoms with E-state index in [4.69, 9.17) is 9.47 Å². The molecule has 0 aromatic heterocycles. The highest BCUT2D eigenvalue weighted by Crippen LogP contribution is 2.40. The van der Waals surface area contributed by atoms with E-state index in [1.807, 2.05) is 50.2 Å².